The van der Waals surface area contributed by atoms with Crippen LogP contribution in [0.4, 0.5) is 11.8 Å². The van der Waals surface area contributed by atoms with E-state index in [1.807, 2.05) is 12.1 Å². The van der Waals surface area contributed by atoms with Gasteiger partial charge in [0.15, 0.2) is 5.82 Å². The van der Waals surface area contributed by atoms with E-state index in [0.717, 1.165) is 31.6 Å². The number of esters is 1. The molecule has 3 heterocycles. The van der Waals surface area contributed by atoms with E-state index in [1.165, 1.54) is 7.11 Å². The molecule has 0 amide bonds. The molecule has 1 aliphatic heterocycles. The van der Waals surface area contributed by atoms with Crippen LogP contribution in [-0.2, 0) is 9.53 Å². The van der Waals surface area contributed by atoms with Gasteiger partial charge in [-0.2, -0.15) is 15.1 Å². The summed E-state index contributed by atoms with van der Waals surface area (Å²) in [4.78, 5) is 23.1. The van der Waals surface area contributed by atoms with Crippen LogP contribution in [-0.4, -0.2) is 45.9 Å². The third kappa shape index (κ3) is 2.21. The Morgan fingerprint density at radius 2 is 2.25 bits per heavy atom. The van der Waals surface area contributed by atoms with Crippen LogP contribution >= 0.6 is 0 Å². The zero-order chi connectivity index (χ0) is 16.7. The van der Waals surface area contributed by atoms with E-state index in [9.17, 15) is 4.79 Å². The van der Waals surface area contributed by atoms with Crippen molar-refractivity contribution in [3.8, 4) is 5.82 Å². The van der Waals surface area contributed by atoms with Gasteiger partial charge in [-0.3, -0.25) is 4.79 Å². The zero-order valence-electron chi connectivity index (χ0n) is 13.6. The highest BCUT2D eigenvalue weighted by Crippen LogP contribution is 2.50. The molecule has 1 aliphatic carbocycles. The number of anilines is 2. The molecular weight excluding hydrogens is 308 g/mol. The molecule has 2 aliphatic rings. The lowest BCUT2D eigenvalue weighted by molar-refractivity contribution is -0.152. The first-order valence-corrected chi connectivity index (χ1v) is 8.10. The normalized spacial score (nSPS) is 25.7. The quantitative estimate of drug-likeness (QED) is 0.840. The fourth-order valence-electron chi connectivity index (χ4n) is 4.12. The van der Waals surface area contributed by atoms with Gasteiger partial charge in [-0.25, -0.2) is 4.68 Å². The number of nitrogens with two attached hydrogens (primary N) is 1. The summed E-state index contributed by atoms with van der Waals surface area (Å²) < 4.78 is 6.74. The number of aromatic nitrogens is 4. The summed E-state index contributed by atoms with van der Waals surface area (Å²) in [6, 6.07) is 3.68. The third-order valence-corrected chi connectivity index (χ3v) is 5.24. The highest BCUT2D eigenvalue weighted by Gasteiger charge is 2.55. The number of hydrogen-bond acceptors (Lipinski definition) is 7. The summed E-state index contributed by atoms with van der Waals surface area (Å²) in [6.07, 6.45) is 6.47. The smallest absolute Gasteiger partial charge is 0.313 e. The van der Waals surface area contributed by atoms with Crippen LogP contribution in [0.2, 0.25) is 0 Å². The predicted molar refractivity (Wildman–Crippen MR) is 87.6 cm³/mol. The minimum absolute atomic E-state index is 0.109. The van der Waals surface area contributed by atoms with E-state index >= 15 is 0 Å². The monoisotopic (exact) mass is 328 g/mol. The number of methoxy groups -OCH3 is 1. The summed E-state index contributed by atoms with van der Waals surface area (Å²) in [7, 11) is 1.47. The van der Waals surface area contributed by atoms with Gasteiger partial charge in [0, 0.05) is 31.5 Å². The molecule has 2 fully saturated rings. The Morgan fingerprint density at radius 1 is 1.42 bits per heavy atom. The van der Waals surface area contributed by atoms with Gasteiger partial charge in [0.25, 0.3) is 0 Å². The van der Waals surface area contributed by atoms with Crippen molar-refractivity contribution in [2.75, 3.05) is 30.8 Å². The summed E-state index contributed by atoms with van der Waals surface area (Å²) in [5.74, 6) is 1.73. The standard InChI is InChI=1S/C16H20N6O2/c1-24-14(23)16-5-2-4-11(16)9-21(10-16)12-8-13(20-15(17)19-12)22-7-3-6-18-22/h3,6-8,11H,2,4-5,9-10H2,1H3,(H2,17,19,20). The second kappa shape index (κ2) is 5.47. The van der Waals surface area contributed by atoms with E-state index in [1.54, 1.807) is 17.1 Å². The highest BCUT2D eigenvalue weighted by molar-refractivity contribution is 5.79. The average molecular weight is 328 g/mol. The molecule has 2 aromatic rings. The van der Waals surface area contributed by atoms with Gasteiger partial charge in [-0.1, -0.05) is 6.42 Å². The molecule has 2 aromatic heterocycles. The van der Waals surface area contributed by atoms with Crippen molar-refractivity contribution in [3.63, 3.8) is 0 Å². The van der Waals surface area contributed by atoms with Crippen molar-refractivity contribution in [1.29, 1.82) is 0 Å². The van der Waals surface area contributed by atoms with Gasteiger partial charge >= 0.3 is 5.97 Å². The molecule has 2 unspecified atom stereocenters. The van der Waals surface area contributed by atoms with Crippen LogP contribution in [0.1, 0.15) is 19.3 Å². The van der Waals surface area contributed by atoms with E-state index in [-0.39, 0.29) is 11.9 Å². The fraction of sp³-hybridized carbons (Fsp3) is 0.500. The number of rotatable bonds is 3. The Kier molecular flexibility index (Phi) is 3.40. The van der Waals surface area contributed by atoms with Crippen LogP contribution in [0.15, 0.2) is 24.5 Å². The molecule has 4 rings (SSSR count). The lowest BCUT2D eigenvalue weighted by Gasteiger charge is -2.25. The van der Waals surface area contributed by atoms with Gasteiger partial charge in [-0.05, 0) is 24.8 Å². The second-order valence-electron chi connectivity index (χ2n) is 6.51. The first-order valence-electron chi connectivity index (χ1n) is 8.10. The number of fused-ring (bicyclic) bond motifs is 1. The summed E-state index contributed by atoms with van der Waals surface area (Å²) >= 11 is 0. The molecule has 0 aromatic carbocycles. The molecule has 0 radical (unpaired) electrons. The van der Waals surface area contributed by atoms with Crippen LogP contribution in [0.5, 0.6) is 0 Å². The Hall–Kier alpha value is -2.64. The zero-order valence-corrected chi connectivity index (χ0v) is 13.6. The molecule has 1 saturated carbocycles. The molecule has 126 valence electrons. The SMILES string of the molecule is COC(=O)C12CCCC1CN(c1cc(-n3cccn3)nc(N)n1)C2. The molecule has 0 bridgehead atoms. The van der Waals surface area contributed by atoms with Gasteiger partial charge in [0.2, 0.25) is 5.95 Å². The Bertz CT molecular complexity index is 762. The van der Waals surface area contributed by atoms with E-state index in [0.29, 0.717) is 18.3 Å². The maximum Gasteiger partial charge on any atom is 0.313 e. The van der Waals surface area contributed by atoms with Gasteiger partial charge < -0.3 is 15.4 Å². The van der Waals surface area contributed by atoms with Crippen molar-refractivity contribution in [2.45, 2.75) is 19.3 Å². The molecule has 24 heavy (non-hydrogen) atoms. The van der Waals surface area contributed by atoms with Gasteiger partial charge in [-0.15, -0.1) is 0 Å². The molecule has 1 saturated heterocycles. The number of nitrogen functional groups attached to an aromatic ring is 1. The van der Waals surface area contributed by atoms with Crippen LogP contribution in [0.25, 0.3) is 5.82 Å². The predicted octanol–water partition coefficient (Wildman–Crippen LogP) is 1.02. The van der Waals surface area contributed by atoms with Crippen molar-refractivity contribution in [1.82, 2.24) is 19.7 Å². The first kappa shape index (κ1) is 14.9. The van der Waals surface area contributed by atoms with E-state index in [4.69, 9.17) is 10.5 Å². The number of carbonyl (C=O) groups excluding carboxylic acids is 1. The fourth-order valence-corrected chi connectivity index (χ4v) is 4.12. The summed E-state index contributed by atoms with van der Waals surface area (Å²) in [5.41, 5.74) is 5.47. The first-order chi connectivity index (χ1) is 11.6. The second-order valence-corrected chi connectivity index (χ2v) is 6.51. The van der Waals surface area contributed by atoms with Crippen LogP contribution < -0.4 is 10.6 Å². The lowest BCUT2D eigenvalue weighted by Crippen LogP contribution is -2.37. The maximum atomic E-state index is 12.4. The van der Waals surface area contributed by atoms with E-state index in [2.05, 4.69) is 20.0 Å². The largest absolute Gasteiger partial charge is 0.469 e. The van der Waals surface area contributed by atoms with Crippen molar-refractivity contribution in [3.05, 3.63) is 24.5 Å². The Balaban J connectivity index is 1.67. The highest BCUT2D eigenvalue weighted by atomic mass is 16.5. The Labute approximate surface area is 139 Å². The molecule has 0 spiro atoms. The third-order valence-electron chi connectivity index (χ3n) is 5.24. The van der Waals surface area contributed by atoms with Gasteiger partial charge in [0.05, 0.1) is 12.5 Å². The van der Waals surface area contributed by atoms with Crippen molar-refractivity contribution < 1.29 is 9.53 Å². The minimum Gasteiger partial charge on any atom is -0.469 e. The van der Waals surface area contributed by atoms with Crippen LogP contribution in [0.3, 0.4) is 0 Å². The lowest BCUT2D eigenvalue weighted by atomic mass is 9.81. The molecule has 8 nitrogen and oxygen atoms in total. The van der Waals surface area contributed by atoms with Gasteiger partial charge in [0.1, 0.15) is 5.82 Å². The molecule has 2 N–H and O–H groups in total. The molecule has 2 atom stereocenters. The van der Waals surface area contributed by atoms with Crippen molar-refractivity contribution in [2.24, 2.45) is 11.3 Å². The number of carbonyl (C=O) groups is 1. The average Bonchev–Trinajstić information content (AvgIpc) is 3.28. The van der Waals surface area contributed by atoms with Crippen molar-refractivity contribution >= 4 is 17.7 Å². The Morgan fingerprint density at radius 3 is 3.00 bits per heavy atom. The summed E-state index contributed by atoms with van der Waals surface area (Å²) in [6.45, 7) is 1.39. The number of ether oxygens (including phenoxy) is 1. The van der Waals surface area contributed by atoms with Crippen LogP contribution in [0, 0.1) is 11.3 Å². The molecule has 8 heteroatoms. The minimum atomic E-state index is -0.416. The number of hydrogen-bond donors (Lipinski definition) is 1. The van der Waals surface area contributed by atoms with E-state index < -0.39 is 5.41 Å². The number of nitrogens with zero attached hydrogens (tertiary/aromatic N) is 5. The maximum absolute atomic E-state index is 12.4. The summed E-state index contributed by atoms with van der Waals surface area (Å²) in [5, 5.41) is 4.19. The molecular formula is C16H20N6O2. The topological polar surface area (TPSA) is 99.2 Å².